The minimum absolute atomic E-state index is 0.355. The first kappa shape index (κ1) is 19.5. The molecule has 0 saturated heterocycles. The Morgan fingerprint density at radius 2 is 1.64 bits per heavy atom. The molecule has 0 atom stereocenters. The van der Waals surface area contributed by atoms with Gasteiger partial charge in [0, 0.05) is 6.54 Å². The van der Waals surface area contributed by atoms with E-state index in [0.717, 1.165) is 18.4 Å². The van der Waals surface area contributed by atoms with Crippen LogP contribution in [0.15, 0.2) is 53.4 Å². The number of sulfonamides is 1. The van der Waals surface area contributed by atoms with Gasteiger partial charge in [-0.1, -0.05) is 50.5 Å². The SMILES string of the molecule is CCCCCCc1ccc(S(=O)(=O)N(CC)c2cccc(C)c2)cc1. The Morgan fingerprint density at radius 3 is 2.24 bits per heavy atom. The molecule has 0 N–H and O–H groups in total. The third kappa shape index (κ3) is 5.08. The monoisotopic (exact) mass is 359 g/mol. The van der Waals surface area contributed by atoms with Crippen LogP contribution in [0.4, 0.5) is 5.69 Å². The molecule has 0 aliphatic heterocycles. The van der Waals surface area contributed by atoms with Crippen molar-refractivity contribution in [3.8, 4) is 0 Å². The molecule has 0 aromatic heterocycles. The Morgan fingerprint density at radius 1 is 0.920 bits per heavy atom. The van der Waals surface area contributed by atoms with E-state index in [2.05, 4.69) is 6.92 Å². The normalized spacial score (nSPS) is 11.5. The number of hydrogen-bond acceptors (Lipinski definition) is 2. The van der Waals surface area contributed by atoms with Crippen molar-refractivity contribution in [1.29, 1.82) is 0 Å². The largest absolute Gasteiger partial charge is 0.267 e. The number of benzene rings is 2. The second kappa shape index (κ2) is 9.04. The van der Waals surface area contributed by atoms with Crippen molar-refractivity contribution in [2.45, 2.75) is 57.8 Å². The number of hydrogen-bond donors (Lipinski definition) is 0. The molecule has 2 rings (SSSR count). The van der Waals surface area contributed by atoms with Crippen molar-refractivity contribution in [2.75, 3.05) is 10.8 Å². The maximum absolute atomic E-state index is 13.0. The van der Waals surface area contributed by atoms with Gasteiger partial charge in [-0.25, -0.2) is 8.42 Å². The molecule has 2 aromatic rings. The third-order valence-corrected chi connectivity index (χ3v) is 6.32. The summed E-state index contributed by atoms with van der Waals surface area (Å²) < 4.78 is 27.5. The molecule has 0 spiro atoms. The molecule has 3 nitrogen and oxygen atoms in total. The van der Waals surface area contributed by atoms with Gasteiger partial charge in [-0.2, -0.15) is 0 Å². The van der Waals surface area contributed by atoms with Gasteiger partial charge in [0.05, 0.1) is 10.6 Å². The fraction of sp³-hybridized carbons (Fsp3) is 0.429. The topological polar surface area (TPSA) is 37.4 Å². The van der Waals surface area contributed by atoms with Crippen molar-refractivity contribution in [2.24, 2.45) is 0 Å². The lowest BCUT2D eigenvalue weighted by atomic mass is 10.1. The molecule has 0 heterocycles. The van der Waals surface area contributed by atoms with E-state index in [-0.39, 0.29) is 0 Å². The maximum atomic E-state index is 13.0. The summed E-state index contributed by atoms with van der Waals surface area (Å²) in [7, 11) is -3.53. The molecule has 0 fully saturated rings. The molecule has 136 valence electrons. The van der Waals surface area contributed by atoms with Crippen LogP contribution in [0, 0.1) is 6.92 Å². The van der Waals surface area contributed by atoms with Crippen molar-refractivity contribution >= 4 is 15.7 Å². The van der Waals surface area contributed by atoms with E-state index in [1.807, 2.05) is 50.2 Å². The number of anilines is 1. The number of unbranched alkanes of at least 4 members (excludes halogenated alkanes) is 3. The summed E-state index contributed by atoms with van der Waals surface area (Å²) in [4.78, 5) is 0.355. The van der Waals surface area contributed by atoms with Crippen LogP contribution >= 0.6 is 0 Å². The van der Waals surface area contributed by atoms with Crippen LogP contribution in [0.5, 0.6) is 0 Å². The van der Waals surface area contributed by atoms with Crippen LogP contribution < -0.4 is 4.31 Å². The average Bonchev–Trinajstić information content (AvgIpc) is 2.60. The second-order valence-corrected chi connectivity index (χ2v) is 8.33. The van der Waals surface area contributed by atoms with E-state index >= 15 is 0 Å². The Bertz CT molecular complexity index is 767. The molecule has 2 aromatic carbocycles. The van der Waals surface area contributed by atoms with Gasteiger partial charge < -0.3 is 0 Å². The number of rotatable bonds is 9. The van der Waals surface area contributed by atoms with Gasteiger partial charge in [0.15, 0.2) is 0 Å². The molecule has 0 aliphatic rings. The Kier molecular flexibility index (Phi) is 7.06. The van der Waals surface area contributed by atoms with Gasteiger partial charge in [-0.15, -0.1) is 0 Å². The molecule has 0 aliphatic carbocycles. The predicted molar refractivity (Wildman–Crippen MR) is 106 cm³/mol. The highest BCUT2D eigenvalue weighted by Crippen LogP contribution is 2.24. The standard InChI is InChI=1S/C21H29NO2S/c1-4-6-7-8-11-19-13-15-21(16-14-19)25(23,24)22(5-2)20-12-9-10-18(3)17-20/h9-10,12-17H,4-8,11H2,1-3H3. The van der Waals surface area contributed by atoms with E-state index in [1.165, 1.54) is 29.1 Å². The van der Waals surface area contributed by atoms with E-state index in [0.29, 0.717) is 17.1 Å². The van der Waals surface area contributed by atoms with Crippen LogP contribution in [-0.4, -0.2) is 15.0 Å². The minimum Gasteiger partial charge on any atom is -0.267 e. The van der Waals surface area contributed by atoms with Crippen molar-refractivity contribution in [3.05, 3.63) is 59.7 Å². The number of aryl methyl sites for hydroxylation is 2. The fourth-order valence-corrected chi connectivity index (χ4v) is 4.45. The second-order valence-electron chi connectivity index (χ2n) is 6.46. The lowest BCUT2D eigenvalue weighted by molar-refractivity contribution is 0.592. The molecule has 4 heteroatoms. The highest BCUT2D eigenvalue weighted by atomic mass is 32.2. The molecule has 25 heavy (non-hydrogen) atoms. The van der Waals surface area contributed by atoms with Crippen molar-refractivity contribution in [1.82, 2.24) is 0 Å². The Labute approximate surface area is 152 Å². The number of nitrogens with zero attached hydrogens (tertiary/aromatic N) is 1. The Hall–Kier alpha value is -1.81. The average molecular weight is 360 g/mol. The fourth-order valence-electron chi connectivity index (χ4n) is 2.99. The molecule has 0 amide bonds. The third-order valence-electron chi connectivity index (χ3n) is 4.41. The smallest absolute Gasteiger partial charge is 0.264 e. The zero-order chi connectivity index (χ0) is 18.3. The highest BCUT2D eigenvalue weighted by Gasteiger charge is 2.23. The van der Waals surface area contributed by atoms with Crippen LogP contribution in [0.3, 0.4) is 0 Å². The molecular weight excluding hydrogens is 330 g/mol. The molecule has 0 saturated carbocycles. The maximum Gasteiger partial charge on any atom is 0.264 e. The zero-order valence-corrected chi connectivity index (χ0v) is 16.3. The van der Waals surface area contributed by atoms with E-state index in [9.17, 15) is 8.42 Å². The van der Waals surface area contributed by atoms with Gasteiger partial charge >= 0.3 is 0 Å². The van der Waals surface area contributed by atoms with E-state index in [1.54, 1.807) is 12.1 Å². The van der Waals surface area contributed by atoms with Gasteiger partial charge in [-0.3, -0.25) is 4.31 Å². The first-order valence-corrected chi connectivity index (χ1v) is 10.6. The van der Waals surface area contributed by atoms with Gasteiger partial charge in [0.2, 0.25) is 0 Å². The van der Waals surface area contributed by atoms with E-state index < -0.39 is 10.0 Å². The van der Waals surface area contributed by atoms with Crippen molar-refractivity contribution < 1.29 is 8.42 Å². The molecule has 0 radical (unpaired) electrons. The summed E-state index contributed by atoms with van der Waals surface area (Å²) in [6.45, 7) is 6.44. The summed E-state index contributed by atoms with van der Waals surface area (Å²) in [5.74, 6) is 0. The zero-order valence-electron chi connectivity index (χ0n) is 15.5. The molecular formula is C21H29NO2S. The summed E-state index contributed by atoms with van der Waals surface area (Å²) in [5, 5.41) is 0. The first-order valence-electron chi connectivity index (χ1n) is 9.17. The van der Waals surface area contributed by atoms with Crippen LogP contribution in [-0.2, 0) is 16.4 Å². The summed E-state index contributed by atoms with van der Waals surface area (Å²) >= 11 is 0. The van der Waals surface area contributed by atoms with Crippen LogP contribution in [0.25, 0.3) is 0 Å². The minimum atomic E-state index is -3.53. The first-order chi connectivity index (χ1) is 12.0. The molecule has 0 bridgehead atoms. The van der Waals surface area contributed by atoms with Crippen LogP contribution in [0.2, 0.25) is 0 Å². The van der Waals surface area contributed by atoms with Gasteiger partial charge in [0.25, 0.3) is 10.0 Å². The Balaban J connectivity index is 2.17. The lowest BCUT2D eigenvalue weighted by Gasteiger charge is -2.23. The summed E-state index contributed by atoms with van der Waals surface area (Å²) in [6, 6.07) is 15.0. The van der Waals surface area contributed by atoms with Crippen LogP contribution in [0.1, 0.15) is 50.7 Å². The summed E-state index contributed by atoms with van der Waals surface area (Å²) in [5.41, 5.74) is 2.97. The van der Waals surface area contributed by atoms with Crippen molar-refractivity contribution in [3.63, 3.8) is 0 Å². The van der Waals surface area contributed by atoms with Gasteiger partial charge in [0.1, 0.15) is 0 Å². The summed E-state index contributed by atoms with van der Waals surface area (Å²) in [6.07, 6.45) is 5.88. The van der Waals surface area contributed by atoms with E-state index in [4.69, 9.17) is 0 Å². The lowest BCUT2D eigenvalue weighted by Crippen LogP contribution is -2.30. The highest BCUT2D eigenvalue weighted by molar-refractivity contribution is 7.92. The molecule has 0 unspecified atom stereocenters. The quantitative estimate of drug-likeness (QED) is 0.567. The van der Waals surface area contributed by atoms with Gasteiger partial charge in [-0.05, 0) is 62.1 Å². The predicted octanol–water partition coefficient (Wildman–Crippen LogP) is 5.33.